The normalized spacial score (nSPS) is 10.8. The third-order valence-corrected chi connectivity index (χ3v) is 2.87. The third kappa shape index (κ3) is 2.57. The highest BCUT2D eigenvalue weighted by molar-refractivity contribution is 5.50. The summed E-state index contributed by atoms with van der Waals surface area (Å²) in [5.74, 6) is 0. The Morgan fingerprint density at radius 1 is 1.10 bits per heavy atom. The van der Waals surface area contributed by atoms with E-state index >= 15 is 0 Å². The van der Waals surface area contributed by atoms with E-state index in [1.807, 2.05) is 36.5 Å². The van der Waals surface area contributed by atoms with E-state index in [0.29, 0.717) is 17.9 Å². The standard InChI is InChI=1S/C13H15N7/c14-7-4-8-19-10-13(16-18-19)12-9-15-20(17-12)11-5-2-1-3-6-11/h1-3,5-6,9-10H,4,7-8,14H2. The average molecular weight is 269 g/mol. The summed E-state index contributed by atoms with van der Waals surface area (Å²) in [4.78, 5) is 1.58. The van der Waals surface area contributed by atoms with Crippen LogP contribution in [-0.2, 0) is 6.54 Å². The van der Waals surface area contributed by atoms with Gasteiger partial charge in [0.2, 0.25) is 0 Å². The van der Waals surface area contributed by atoms with E-state index in [2.05, 4.69) is 20.5 Å². The van der Waals surface area contributed by atoms with E-state index < -0.39 is 0 Å². The van der Waals surface area contributed by atoms with Crippen molar-refractivity contribution in [2.75, 3.05) is 6.54 Å². The summed E-state index contributed by atoms with van der Waals surface area (Å²) < 4.78 is 1.77. The molecular formula is C13H15N7. The van der Waals surface area contributed by atoms with Crippen molar-refractivity contribution in [3.8, 4) is 17.1 Å². The molecule has 0 atom stereocenters. The Kier molecular flexibility index (Phi) is 3.51. The molecule has 0 radical (unpaired) electrons. The summed E-state index contributed by atoms with van der Waals surface area (Å²) in [7, 11) is 0. The van der Waals surface area contributed by atoms with Gasteiger partial charge in [-0.1, -0.05) is 23.4 Å². The number of aromatic nitrogens is 6. The lowest BCUT2D eigenvalue weighted by Gasteiger charge is -1.96. The Balaban J connectivity index is 1.81. The Labute approximate surface area is 116 Å². The first-order valence-corrected chi connectivity index (χ1v) is 6.45. The number of hydrogen-bond donors (Lipinski definition) is 1. The first-order chi connectivity index (χ1) is 9.86. The number of nitrogens with two attached hydrogens (primary N) is 1. The van der Waals surface area contributed by atoms with E-state index in [1.165, 1.54) is 0 Å². The Morgan fingerprint density at radius 2 is 1.95 bits per heavy atom. The predicted octanol–water partition coefficient (Wildman–Crippen LogP) is 0.875. The van der Waals surface area contributed by atoms with Crippen LogP contribution >= 0.6 is 0 Å². The molecule has 2 heterocycles. The molecule has 20 heavy (non-hydrogen) atoms. The average Bonchev–Trinajstić information content (AvgIpc) is 3.15. The maximum Gasteiger partial charge on any atom is 0.135 e. The summed E-state index contributed by atoms with van der Waals surface area (Å²) in [5, 5.41) is 16.8. The first kappa shape index (κ1) is 12.5. The van der Waals surface area contributed by atoms with Gasteiger partial charge in [0.15, 0.2) is 0 Å². The highest BCUT2D eigenvalue weighted by Crippen LogP contribution is 2.13. The van der Waals surface area contributed by atoms with Crippen LogP contribution in [0.25, 0.3) is 17.1 Å². The Bertz CT molecular complexity index is 671. The molecule has 0 aliphatic carbocycles. The zero-order valence-corrected chi connectivity index (χ0v) is 10.9. The molecule has 0 saturated heterocycles. The van der Waals surface area contributed by atoms with Crippen LogP contribution in [0.3, 0.4) is 0 Å². The van der Waals surface area contributed by atoms with Crippen LogP contribution in [0.15, 0.2) is 42.7 Å². The zero-order valence-electron chi connectivity index (χ0n) is 10.9. The van der Waals surface area contributed by atoms with Crippen LogP contribution in [0.4, 0.5) is 0 Å². The van der Waals surface area contributed by atoms with Crippen LogP contribution in [-0.4, -0.2) is 36.5 Å². The molecule has 3 rings (SSSR count). The molecular weight excluding hydrogens is 254 g/mol. The fraction of sp³-hybridized carbons (Fsp3) is 0.231. The lowest BCUT2D eigenvalue weighted by Crippen LogP contribution is -2.06. The van der Waals surface area contributed by atoms with Gasteiger partial charge in [-0.15, -0.1) is 10.2 Å². The molecule has 0 fully saturated rings. The Morgan fingerprint density at radius 3 is 2.75 bits per heavy atom. The SMILES string of the molecule is NCCCn1cc(-c2cnn(-c3ccccc3)n2)nn1. The van der Waals surface area contributed by atoms with Crippen LogP contribution < -0.4 is 5.73 Å². The second-order valence-corrected chi connectivity index (χ2v) is 4.36. The summed E-state index contributed by atoms with van der Waals surface area (Å²) in [6.45, 7) is 1.40. The predicted molar refractivity (Wildman–Crippen MR) is 74.0 cm³/mol. The molecule has 1 aromatic carbocycles. The molecule has 0 aliphatic heterocycles. The van der Waals surface area contributed by atoms with Crippen LogP contribution in [0, 0.1) is 0 Å². The van der Waals surface area contributed by atoms with Crippen molar-refractivity contribution < 1.29 is 0 Å². The monoisotopic (exact) mass is 269 g/mol. The fourth-order valence-electron chi connectivity index (χ4n) is 1.84. The smallest absolute Gasteiger partial charge is 0.135 e. The maximum atomic E-state index is 5.47. The van der Waals surface area contributed by atoms with Crippen molar-refractivity contribution in [3.05, 3.63) is 42.7 Å². The van der Waals surface area contributed by atoms with Gasteiger partial charge in [0.25, 0.3) is 0 Å². The van der Waals surface area contributed by atoms with E-state index in [4.69, 9.17) is 5.73 Å². The molecule has 7 heteroatoms. The maximum absolute atomic E-state index is 5.47. The minimum Gasteiger partial charge on any atom is -0.330 e. The molecule has 0 spiro atoms. The highest BCUT2D eigenvalue weighted by Gasteiger charge is 2.09. The van der Waals surface area contributed by atoms with Crippen molar-refractivity contribution in [1.29, 1.82) is 0 Å². The third-order valence-electron chi connectivity index (χ3n) is 2.87. The number of para-hydroxylation sites is 1. The van der Waals surface area contributed by atoms with Crippen molar-refractivity contribution in [2.45, 2.75) is 13.0 Å². The largest absolute Gasteiger partial charge is 0.330 e. The summed E-state index contributed by atoms with van der Waals surface area (Å²) in [6.07, 6.45) is 4.42. The Hall–Kier alpha value is -2.54. The number of benzene rings is 1. The van der Waals surface area contributed by atoms with Gasteiger partial charge >= 0.3 is 0 Å². The first-order valence-electron chi connectivity index (χ1n) is 6.45. The van der Waals surface area contributed by atoms with Crippen LogP contribution in [0.2, 0.25) is 0 Å². The molecule has 0 saturated carbocycles. The van der Waals surface area contributed by atoms with Gasteiger partial charge in [-0.25, -0.2) is 0 Å². The lowest BCUT2D eigenvalue weighted by molar-refractivity contribution is 0.564. The molecule has 0 unspecified atom stereocenters. The molecule has 0 bridgehead atoms. The van der Waals surface area contributed by atoms with Gasteiger partial charge in [-0.2, -0.15) is 9.90 Å². The summed E-state index contributed by atoms with van der Waals surface area (Å²) in [6, 6.07) is 9.74. The molecule has 0 aliphatic rings. The molecule has 2 aromatic heterocycles. The van der Waals surface area contributed by atoms with Crippen molar-refractivity contribution in [3.63, 3.8) is 0 Å². The van der Waals surface area contributed by atoms with E-state index in [-0.39, 0.29) is 0 Å². The van der Waals surface area contributed by atoms with Crippen LogP contribution in [0.5, 0.6) is 0 Å². The minimum atomic E-state index is 0.638. The molecule has 2 N–H and O–H groups in total. The second kappa shape index (κ2) is 5.62. The molecule has 0 amide bonds. The molecule has 3 aromatic rings. The topological polar surface area (TPSA) is 87.4 Å². The molecule has 7 nitrogen and oxygen atoms in total. The van der Waals surface area contributed by atoms with Gasteiger partial charge in [-0.3, -0.25) is 4.68 Å². The number of rotatable bonds is 5. The summed E-state index contributed by atoms with van der Waals surface area (Å²) >= 11 is 0. The quantitative estimate of drug-likeness (QED) is 0.742. The van der Waals surface area contributed by atoms with Crippen molar-refractivity contribution in [1.82, 2.24) is 30.0 Å². The second-order valence-electron chi connectivity index (χ2n) is 4.36. The van der Waals surface area contributed by atoms with E-state index in [9.17, 15) is 0 Å². The number of aryl methyl sites for hydroxylation is 1. The van der Waals surface area contributed by atoms with E-state index in [0.717, 1.165) is 18.7 Å². The van der Waals surface area contributed by atoms with Gasteiger partial charge in [0.1, 0.15) is 11.4 Å². The van der Waals surface area contributed by atoms with Gasteiger partial charge in [0, 0.05) is 6.54 Å². The molecule has 102 valence electrons. The van der Waals surface area contributed by atoms with Gasteiger partial charge in [0.05, 0.1) is 18.1 Å². The lowest BCUT2D eigenvalue weighted by atomic mass is 10.3. The van der Waals surface area contributed by atoms with E-state index in [1.54, 1.807) is 15.7 Å². The highest BCUT2D eigenvalue weighted by atomic mass is 15.5. The minimum absolute atomic E-state index is 0.638. The number of hydrogen-bond acceptors (Lipinski definition) is 5. The van der Waals surface area contributed by atoms with Crippen LogP contribution in [0.1, 0.15) is 6.42 Å². The summed E-state index contributed by atoms with van der Waals surface area (Å²) in [5.41, 5.74) is 7.80. The fourth-order valence-corrected chi connectivity index (χ4v) is 1.84. The zero-order chi connectivity index (χ0) is 13.8. The van der Waals surface area contributed by atoms with Crippen molar-refractivity contribution >= 4 is 0 Å². The van der Waals surface area contributed by atoms with Crippen molar-refractivity contribution in [2.24, 2.45) is 5.73 Å². The van der Waals surface area contributed by atoms with Gasteiger partial charge < -0.3 is 5.73 Å². The number of nitrogens with zero attached hydrogens (tertiary/aromatic N) is 6. The van der Waals surface area contributed by atoms with Gasteiger partial charge in [-0.05, 0) is 25.1 Å².